The molecule has 0 fully saturated rings. The zero-order valence-corrected chi connectivity index (χ0v) is 10.8. The predicted molar refractivity (Wildman–Crippen MR) is 72.4 cm³/mol. The highest BCUT2D eigenvalue weighted by atomic mass is 15.3. The highest BCUT2D eigenvalue weighted by Crippen LogP contribution is 2.28. The summed E-state index contributed by atoms with van der Waals surface area (Å²) in [7, 11) is 0. The third-order valence-corrected chi connectivity index (χ3v) is 3.18. The number of aromatic amines is 1. The maximum absolute atomic E-state index is 4.63. The Bertz CT molecular complexity index is 691. The molecule has 0 aliphatic carbocycles. The first-order valence-corrected chi connectivity index (χ1v) is 6.15. The first kappa shape index (κ1) is 11.0. The van der Waals surface area contributed by atoms with Gasteiger partial charge in [0.1, 0.15) is 5.65 Å². The fraction of sp³-hybridized carbons (Fsp3) is 0.286. The van der Waals surface area contributed by atoms with Crippen molar-refractivity contribution < 1.29 is 0 Å². The highest BCUT2D eigenvalue weighted by molar-refractivity contribution is 5.94. The van der Waals surface area contributed by atoms with Gasteiger partial charge in [-0.25, -0.2) is 4.98 Å². The Kier molecular flexibility index (Phi) is 2.44. The van der Waals surface area contributed by atoms with E-state index in [4.69, 9.17) is 0 Å². The maximum atomic E-state index is 4.63. The largest absolute Gasteiger partial charge is 0.346 e. The molecule has 0 radical (unpaired) electrons. The summed E-state index contributed by atoms with van der Waals surface area (Å²) in [6.07, 6.45) is 5.83. The highest BCUT2D eigenvalue weighted by Gasteiger charge is 2.11. The van der Waals surface area contributed by atoms with Gasteiger partial charge in [0, 0.05) is 35.6 Å². The lowest BCUT2D eigenvalue weighted by atomic mass is 10.1. The molecule has 0 bridgehead atoms. The van der Waals surface area contributed by atoms with Crippen LogP contribution in [0.2, 0.25) is 0 Å². The lowest BCUT2D eigenvalue weighted by molar-refractivity contribution is 0.534. The molecule has 92 valence electrons. The normalized spacial score (nSPS) is 11.6. The smallest absolute Gasteiger partial charge is 0.138 e. The SMILES string of the molecule is Cc1c[nH]c2nccc(-c3ccn(C(C)C)n3)c12. The lowest BCUT2D eigenvalue weighted by Crippen LogP contribution is -2.00. The van der Waals surface area contributed by atoms with Crippen LogP contribution in [0.15, 0.2) is 30.7 Å². The second kappa shape index (κ2) is 3.98. The van der Waals surface area contributed by atoms with Crippen LogP contribution >= 0.6 is 0 Å². The minimum atomic E-state index is 0.378. The summed E-state index contributed by atoms with van der Waals surface area (Å²) in [6, 6.07) is 4.46. The van der Waals surface area contributed by atoms with Crippen molar-refractivity contribution in [2.75, 3.05) is 0 Å². The van der Waals surface area contributed by atoms with E-state index in [-0.39, 0.29) is 0 Å². The number of aryl methyl sites for hydroxylation is 1. The molecule has 0 aliphatic heterocycles. The molecule has 3 aromatic heterocycles. The predicted octanol–water partition coefficient (Wildman–Crippen LogP) is 3.32. The van der Waals surface area contributed by atoms with Crippen LogP contribution in [-0.4, -0.2) is 19.7 Å². The molecule has 3 rings (SSSR count). The molecule has 0 unspecified atom stereocenters. The fourth-order valence-electron chi connectivity index (χ4n) is 2.20. The summed E-state index contributed by atoms with van der Waals surface area (Å²) in [5.74, 6) is 0. The van der Waals surface area contributed by atoms with Crippen LogP contribution in [0.1, 0.15) is 25.5 Å². The van der Waals surface area contributed by atoms with Gasteiger partial charge >= 0.3 is 0 Å². The van der Waals surface area contributed by atoms with E-state index in [1.165, 1.54) is 5.56 Å². The van der Waals surface area contributed by atoms with Crippen molar-refractivity contribution in [2.45, 2.75) is 26.8 Å². The van der Waals surface area contributed by atoms with Gasteiger partial charge in [0.15, 0.2) is 0 Å². The molecular formula is C14H16N4. The van der Waals surface area contributed by atoms with E-state index in [9.17, 15) is 0 Å². The monoisotopic (exact) mass is 240 g/mol. The van der Waals surface area contributed by atoms with Gasteiger partial charge < -0.3 is 4.98 Å². The standard InChI is InChI=1S/C14H16N4/c1-9(2)18-7-5-12(17-18)11-4-6-15-14-13(11)10(3)8-16-14/h4-9H,1-3H3,(H,15,16). The third-order valence-electron chi connectivity index (χ3n) is 3.18. The number of nitrogens with zero attached hydrogens (tertiary/aromatic N) is 3. The van der Waals surface area contributed by atoms with E-state index >= 15 is 0 Å². The van der Waals surface area contributed by atoms with Crippen LogP contribution in [0.5, 0.6) is 0 Å². The van der Waals surface area contributed by atoms with Crippen LogP contribution < -0.4 is 0 Å². The van der Waals surface area contributed by atoms with Gasteiger partial charge in [-0.2, -0.15) is 5.10 Å². The minimum absolute atomic E-state index is 0.378. The molecule has 0 saturated heterocycles. The molecule has 0 aromatic carbocycles. The fourth-order valence-corrected chi connectivity index (χ4v) is 2.20. The van der Waals surface area contributed by atoms with Crippen LogP contribution in [0.4, 0.5) is 0 Å². The van der Waals surface area contributed by atoms with E-state index in [1.807, 2.05) is 29.3 Å². The van der Waals surface area contributed by atoms with Crippen LogP contribution in [-0.2, 0) is 0 Å². The third kappa shape index (κ3) is 1.61. The Morgan fingerprint density at radius 2 is 2.11 bits per heavy atom. The number of fused-ring (bicyclic) bond motifs is 1. The number of hydrogen-bond donors (Lipinski definition) is 1. The molecular weight excluding hydrogens is 224 g/mol. The first-order valence-electron chi connectivity index (χ1n) is 6.15. The Morgan fingerprint density at radius 1 is 1.28 bits per heavy atom. The summed E-state index contributed by atoms with van der Waals surface area (Å²) in [5, 5.41) is 5.78. The summed E-state index contributed by atoms with van der Waals surface area (Å²) in [6.45, 7) is 6.34. The minimum Gasteiger partial charge on any atom is -0.346 e. The summed E-state index contributed by atoms with van der Waals surface area (Å²) in [5.41, 5.74) is 4.26. The molecule has 0 spiro atoms. The number of hydrogen-bond acceptors (Lipinski definition) is 2. The van der Waals surface area contributed by atoms with Gasteiger partial charge in [0.2, 0.25) is 0 Å². The van der Waals surface area contributed by atoms with E-state index < -0.39 is 0 Å². The Hall–Kier alpha value is -2.10. The van der Waals surface area contributed by atoms with Crippen molar-refractivity contribution >= 4 is 11.0 Å². The maximum Gasteiger partial charge on any atom is 0.138 e. The van der Waals surface area contributed by atoms with Crippen LogP contribution in [0.3, 0.4) is 0 Å². The molecule has 0 aliphatic rings. The van der Waals surface area contributed by atoms with Gasteiger partial charge in [0.05, 0.1) is 5.69 Å². The first-order chi connectivity index (χ1) is 8.66. The Morgan fingerprint density at radius 3 is 2.83 bits per heavy atom. The van der Waals surface area contributed by atoms with Crippen molar-refractivity contribution in [1.29, 1.82) is 0 Å². The Balaban J connectivity index is 2.21. The second-order valence-electron chi connectivity index (χ2n) is 4.83. The molecule has 18 heavy (non-hydrogen) atoms. The Labute approximate surface area is 106 Å². The summed E-state index contributed by atoms with van der Waals surface area (Å²) in [4.78, 5) is 7.52. The number of nitrogens with one attached hydrogen (secondary N) is 1. The van der Waals surface area contributed by atoms with Crippen molar-refractivity contribution in [1.82, 2.24) is 19.7 Å². The topological polar surface area (TPSA) is 46.5 Å². The van der Waals surface area contributed by atoms with Crippen molar-refractivity contribution in [3.05, 3.63) is 36.3 Å². The van der Waals surface area contributed by atoms with Crippen LogP contribution in [0.25, 0.3) is 22.3 Å². The van der Waals surface area contributed by atoms with E-state index in [0.717, 1.165) is 22.3 Å². The molecule has 0 atom stereocenters. The molecule has 3 heterocycles. The van der Waals surface area contributed by atoms with E-state index in [1.54, 1.807) is 0 Å². The van der Waals surface area contributed by atoms with Crippen molar-refractivity contribution in [3.8, 4) is 11.3 Å². The molecule has 1 N–H and O–H groups in total. The molecule has 3 aromatic rings. The van der Waals surface area contributed by atoms with E-state index in [2.05, 4.69) is 41.9 Å². The van der Waals surface area contributed by atoms with Crippen LogP contribution in [0, 0.1) is 6.92 Å². The van der Waals surface area contributed by atoms with E-state index in [0.29, 0.717) is 6.04 Å². The lowest BCUT2D eigenvalue weighted by Gasteiger charge is -2.04. The van der Waals surface area contributed by atoms with Gasteiger partial charge in [-0.15, -0.1) is 0 Å². The van der Waals surface area contributed by atoms with Crippen molar-refractivity contribution in [2.24, 2.45) is 0 Å². The molecule has 0 amide bonds. The average molecular weight is 240 g/mol. The molecule has 4 heteroatoms. The zero-order chi connectivity index (χ0) is 12.7. The molecule has 4 nitrogen and oxygen atoms in total. The summed E-state index contributed by atoms with van der Waals surface area (Å²) < 4.78 is 1.98. The quantitative estimate of drug-likeness (QED) is 0.747. The number of rotatable bonds is 2. The summed E-state index contributed by atoms with van der Waals surface area (Å²) >= 11 is 0. The van der Waals surface area contributed by atoms with Gasteiger partial charge in [-0.05, 0) is 38.5 Å². The van der Waals surface area contributed by atoms with Gasteiger partial charge in [-0.1, -0.05) is 0 Å². The van der Waals surface area contributed by atoms with Gasteiger partial charge in [-0.3, -0.25) is 4.68 Å². The van der Waals surface area contributed by atoms with Crippen molar-refractivity contribution in [3.63, 3.8) is 0 Å². The molecule has 0 saturated carbocycles. The second-order valence-corrected chi connectivity index (χ2v) is 4.83. The number of H-pyrrole nitrogens is 1. The zero-order valence-electron chi connectivity index (χ0n) is 10.8. The number of pyridine rings is 1. The average Bonchev–Trinajstić information content (AvgIpc) is 2.96. The number of aromatic nitrogens is 4. The van der Waals surface area contributed by atoms with Gasteiger partial charge in [0.25, 0.3) is 0 Å².